The first-order valence-corrected chi connectivity index (χ1v) is 10.1. The second-order valence-electron chi connectivity index (χ2n) is 6.57. The Labute approximate surface area is 185 Å². The van der Waals surface area contributed by atoms with Crippen molar-refractivity contribution in [3.05, 3.63) is 93.4 Å². The molecule has 0 bridgehead atoms. The Morgan fingerprint density at radius 1 is 1.07 bits per heavy atom. The number of aromatic nitrogens is 3. The van der Waals surface area contributed by atoms with Gasteiger partial charge in [-0.3, -0.25) is 4.79 Å². The smallest absolute Gasteiger partial charge is 0.295 e. The summed E-state index contributed by atoms with van der Waals surface area (Å²) in [5, 5.41) is 7.68. The van der Waals surface area contributed by atoms with Gasteiger partial charge in [-0.25, -0.2) is 14.1 Å². The lowest BCUT2D eigenvalue weighted by atomic mass is 10.2. The molecule has 1 amide bonds. The molecule has 1 N–H and O–H groups in total. The van der Waals surface area contributed by atoms with E-state index in [9.17, 15) is 9.18 Å². The SMILES string of the molecule is Cc1ccc(Cl)cc1-n1nc(C(=O)Nc2ccc(F)cc2)nc1-c1ccc(Br)cc1. The third-order valence-corrected chi connectivity index (χ3v) is 5.18. The molecular formula is C22H15BrClFN4O. The summed E-state index contributed by atoms with van der Waals surface area (Å²) < 4.78 is 15.6. The number of halogens is 3. The van der Waals surface area contributed by atoms with Crippen LogP contribution in [0.25, 0.3) is 17.1 Å². The van der Waals surface area contributed by atoms with Crippen LogP contribution in [0.2, 0.25) is 5.02 Å². The summed E-state index contributed by atoms with van der Waals surface area (Å²) in [7, 11) is 0. The van der Waals surface area contributed by atoms with E-state index >= 15 is 0 Å². The van der Waals surface area contributed by atoms with Crippen LogP contribution in [0.4, 0.5) is 10.1 Å². The number of carbonyl (C=O) groups excluding carboxylic acids is 1. The first-order chi connectivity index (χ1) is 14.4. The Morgan fingerprint density at radius 2 is 1.77 bits per heavy atom. The zero-order chi connectivity index (χ0) is 21.3. The quantitative estimate of drug-likeness (QED) is 0.383. The molecule has 3 aromatic carbocycles. The van der Waals surface area contributed by atoms with Gasteiger partial charge in [0, 0.05) is 20.7 Å². The van der Waals surface area contributed by atoms with E-state index in [1.54, 1.807) is 16.8 Å². The highest BCUT2D eigenvalue weighted by molar-refractivity contribution is 9.10. The molecule has 0 fully saturated rings. The van der Waals surface area contributed by atoms with Crippen LogP contribution in [-0.2, 0) is 0 Å². The number of carbonyl (C=O) groups is 1. The van der Waals surface area contributed by atoms with E-state index in [0.29, 0.717) is 22.2 Å². The monoisotopic (exact) mass is 484 g/mol. The van der Waals surface area contributed by atoms with Crippen molar-refractivity contribution in [3.63, 3.8) is 0 Å². The number of hydrogen-bond acceptors (Lipinski definition) is 3. The van der Waals surface area contributed by atoms with Crippen molar-refractivity contribution in [2.75, 3.05) is 5.32 Å². The minimum Gasteiger partial charge on any atom is -0.319 e. The van der Waals surface area contributed by atoms with Crippen molar-refractivity contribution in [1.82, 2.24) is 14.8 Å². The Kier molecular flexibility index (Phi) is 5.65. The van der Waals surface area contributed by atoms with Crippen LogP contribution in [0.5, 0.6) is 0 Å². The fourth-order valence-electron chi connectivity index (χ4n) is 2.89. The van der Waals surface area contributed by atoms with Crippen LogP contribution in [0.3, 0.4) is 0 Å². The van der Waals surface area contributed by atoms with Gasteiger partial charge in [0.1, 0.15) is 5.82 Å². The van der Waals surface area contributed by atoms with Crippen LogP contribution < -0.4 is 5.32 Å². The van der Waals surface area contributed by atoms with Crippen molar-refractivity contribution in [2.45, 2.75) is 6.92 Å². The molecular weight excluding hydrogens is 471 g/mol. The summed E-state index contributed by atoms with van der Waals surface area (Å²) in [6, 6.07) is 18.5. The van der Waals surface area contributed by atoms with Crippen LogP contribution in [0, 0.1) is 12.7 Å². The second kappa shape index (κ2) is 8.38. The fraction of sp³-hybridized carbons (Fsp3) is 0.0455. The molecule has 0 aliphatic heterocycles. The number of aryl methyl sites for hydroxylation is 1. The van der Waals surface area contributed by atoms with Crippen molar-refractivity contribution < 1.29 is 9.18 Å². The maximum Gasteiger partial charge on any atom is 0.295 e. The van der Waals surface area contributed by atoms with Gasteiger partial charge in [-0.1, -0.05) is 45.7 Å². The Bertz CT molecular complexity index is 1220. The van der Waals surface area contributed by atoms with Crippen molar-refractivity contribution >= 4 is 39.1 Å². The van der Waals surface area contributed by atoms with Gasteiger partial charge in [-0.2, -0.15) is 0 Å². The zero-order valence-corrected chi connectivity index (χ0v) is 18.1. The summed E-state index contributed by atoms with van der Waals surface area (Å²) in [5.41, 5.74) is 2.87. The van der Waals surface area contributed by atoms with Crippen LogP contribution in [0.15, 0.2) is 71.2 Å². The van der Waals surface area contributed by atoms with Crippen LogP contribution in [0.1, 0.15) is 16.2 Å². The topological polar surface area (TPSA) is 59.8 Å². The Hall–Kier alpha value is -3.03. The van der Waals surface area contributed by atoms with E-state index in [1.807, 2.05) is 37.3 Å². The fourth-order valence-corrected chi connectivity index (χ4v) is 3.32. The molecule has 0 saturated heterocycles. The highest BCUT2D eigenvalue weighted by Gasteiger charge is 2.20. The minimum atomic E-state index is -0.501. The molecule has 4 rings (SSSR count). The van der Waals surface area contributed by atoms with E-state index in [0.717, 1.165) is 15.6 Å². The van der Waals surface area contributed by atoms with Gasteiger partial charge >= 0.3 is 0 Å². The average molecular weight is 486 g/mol. The highest BCUT2D eigenvalue weighted by Crippen LogP contribution is 2.26. The standard InChI is InChI=1S/C22H15BrClFN4O/c1-13-2-7-16(24)12-19(13)29-21(14-3-5-15(23)6-4-14)27-20(28-29)22(30)26-18-10-8-17(25)9-11-18/h2-12H,1H3,(H,26,30). The van der Waals surface area contributed by atoms with Gasteiger partial charge in [0.25, 0.3) is 5.91 Å². The van der Waals surface area contributed by atoms with Crippen molar-refractivity contribution in [3.8, 4) is 17.1 Å². The summed E-state index contributed by atoms with van der Waals surface area (Å²) >= 11 is 9.62. The predicted octanol–water partition coefficient (Wildman–Crippen LogP) is 6.05. The highest BCUT2D eigenvalue weighted by atomic mass is 79.9. The molecule has 0 spiro atoms. The van der Waals surface area contributed by atoms with Gasteiger partial charge in [0.2, 0.25) is 5.82 Å². The maximum absolute atomic E-state index is 13.1. The Morgan fingerprint density at radius 3 is 2.47 bits per heavy atom. The van der Waals surface area contributed by atoms with E-state index in [4.69, 9.17) is 11.6 Å². The van der Waals surface area contributed by atoms with E-state index in [-0.39, 0.29) is 11.6 Å². The third-order valence-electron chi connectivity index (χ3n) is 4.41. The largest absolute Gasteiger partial charge is 0.319 e. The molecule has 0 radical (unpaired) electrons. The molecule has 0 unspecified atom stereocenters. The summed E-state index contributed by atoms with van der Waals surface area (Å²) in [5.74, 6) is -0.406. The van der Waals surface area contributed by atoms with Crippen LogP contribution in [-0.4, -0.2) is 20.7 Å². The number of rotatable bonds is 4. The van der Waals surface area contributed by atoms with E-state index in [2.05, 4.69) is 31.3 Å². The van der Waals surface area contributed by atoms with Gasteiger partial charge in [0.05, 0.1) is 5.69 Å². The molecule has 1 aromatic heterocycles. The lowest BCUT2D eigenvalue weighted by molar-refractivity contribution is 0.101. The zero-order valence-electron chi connectivity index (χ0n) is 15.7. The molecule has 0 atom stereocenters. The molecule has 0 saturated carbocycles. The summed E-state index contributed by atoms with van der Waals surface area (Å²) in [6.07, 6.45) is 0. The molecule has 4 aromatic rings. The van der Waals surface area contributed by atoms with Crippen molar-refractivity contribution in [2.24, 2.45) is 0 Å². The summed E-state index contributed by atoms with van der Waals surface area (Å²) in [6.45, 7) is 1.93. The minimum absolute atomic E-state index is 0.0170. The van der Waals surface area contributed by atoms with E-state index in [1.165, 1.54) is 24.3 Å². The number of hydrogen-bond donors (Lipinski definition) is 1. The molecule has 1 heterocycles. The number of nitrogens with one attached hydrogen (secondary N) is 1. The average Bonchev–Trinajstić information content (AvgIpc) is 3.17. The number of nitrogens with zero attached hydrogens (tertiary/aromatic N) is 3. The lowest BCUT2D eigenvalue weighted by Crippen LogP contribution is -2.14. The lowest BCUT2D eigenvalue weighted by Gasteiger charge is -2.09. The normalized spacial score (nSPS) is 10.8. The van der Waals surface area contributed by atoms with Crippen LogP contribution >= 0.6 is 27.5 Å². The molecule has 0 aliphatic rings. The molecule has 0 aliphatic carbocycles. The Balaban J connectivity index is 1.79. The maximum atomic E-state index is 13.1. The van der Waals surface area contributed by atoms with Gasteiger partial charge in [0.15, 0.2) is 5.82 Å². The summed E-state index contributed by atoms with van der Waals surface area (Å²) in [4.78, 5) is 17.2. The molecule has 150 valence electrons. The number of amides is 1. The third kappa shape index (κ3) is 4.27. The molecule has 30 heavy (non-hydrogen) atoms. The number of anilines is 1. The predicted molar refractivity (Wildman–Crippen MR) is 119 cm³/mol. The first-order valence-electron chi connectivity index (χ1n) is 8.97. The molecule has 5 nitrogen and oxygen atoms in total. The van der Waals surface area contributed by atoms with Gasteiger partial charge in [-0.15, -0.1) is 5.10 Å². The van der Waals surface area contributed by atoms with Crippen molar-refractivity contribution in [1.29, 1.82) is 0 Å². The number of benzene rings is 3. The van der Waals surface area contributed by atoms with E-state index < -0.39 is 5.91 Å². The van der Waals surface area contributed by atoms with Gasteiger partial charge in [-0.05, 0) is 61.0 Å². The second-order valence-corrected chi connectivity index (χ2v) is 7.92. The van der Waals surface area contributed by atoms with Gasteiger partial charge < -0.3 is 5.32 Å². The molecule has 8 heteroatoms. The first kappa shape index (κ1) is 20.3.